The summed E-state index contributed by atoms with van der Waals surface area (Å²) >= 11 is 0. The van der Waals surface area contributed by atoms with Crippen LogP contribution in [0.25, 0.3) is 5.69 Å². The zero-order chi connectivity index (χ0) is 13.3. The highest BCUT2D eigenvalue weighted by Crippen LogP contribution is 2.24. The van der Waals surface area contributed by atoms with E-state index in [-0.39, 0.29) is 6.10 Å². The molecule has 0 aliphatic carbocycles. The molecular formula is C14H19N3O. The van der Waals surface area contributed by atoms with Crippen molar-refractivity contribution in [2.24, 2.45) is 0 Å². The average molecular weight is 245 g/mol. The lowest BCUT2D eigenvalue weighted by Gasteiger charge is -2.13. The van der Waals surface area contributed by atoms with E-state index in [1.165, 1.54) is 0 Å². The van der Waals surface area contributed by atoms with Gasteiger partial charge in [-0.2, -0.15) is 0 Å². The largest absolute Gasteiger partial charge is 0.491 e. The fourth-order valence-corrected chi connectivity index (χ4v) is 1.84. The molecule has 0 aliphatic rings. The highest BCUT2D eigenvalue weighted by Gasteiger charge is 2.07. The van der Waals surface area contributed by atoms with Gasteiger partial charge in [0.15, 0.2) is 0 Å². The lowest BCUT2D eigenvalue weighted by molar-refractivity contribution is 0.242. The fraction of sp³-hybridized carbons (Fsp3) is 0.357. The summed E-state index contributed by atoms with van der Waals surface area (Å²) in [7, 11) is 0. The van der Waals surface area contributed by atoms with Crippen molar-refractivity contribution in [3.63, 3.8) is 0 Å². The molecule has 1 heterocycles. The van der Waals surface area contributed by atoms with Gasteiger partial charge in [0.05, 0.1) is 23.8 Å². The normalized spacial score (nSPS) is 10.9. The van der Waals surface area contributed by atoms with Crippen molar-refractivity contribution in [2.75, 3.05) is 5.73 Å². The Morgan fingerprint density at radius 2 is 1.94 bits per heavy atom. The molecule has 1 aromatic heterocycles. The van der Waals surface area contributed by atoms with Gasteiger partial charge in [0.25, 0.3) is 0 Å². The van der Waals surface area contributed by atoms with Crippen LogP contribution in [0.15, 0.2) is 24.5 Å². The molecule has 0 fully saturated rings. The van der Waals surface area contributed by atoms with Gasteiger partial charge in [0, 0.05) is 23.5 Å². The zero-order valence-electron chi connectivity index (χ0n) is 11.3. The summed E-state index contributed by atoms with van der Waals surface area (Å²) in [6.45, 7) is 8.02. The minimum Gasteiger partial charge on any atom is -0.491 e. The fourth-order valence-electron chi connectivity index (χ4n) is 1.84. The van der Waals surface area contributed by atoms with Crippen molar-refractivity contribution in [2.45, 2.75) is 33.8 Å². The van der Waals surface area contributed by atoms with Crippen molar-refractivity contribution in [3.8, 4) is 11.4 Å². The monoisotopic (exact) mass is 245 g/mol. The van der Waals surface area contributed by atoms with E-state index in [1.54, 1.807) is 6.33 Å². The number of rotatable bonds is 3. The highest BCUT2D eigenvalue weighted by molar-refractivity contribution is 5.54. The summed E-state index contributed by atoms with van der Waals surface area (Å²) in [6, 6.07) is 5.73. The summed E-state index contributed by atoms with van der Waals surface area (Å²) in [5.41, 5.74) is 9.70. The summed E-state index contributed by atoms with van der Waals surface area (Å²) in [5.74, 6) is 0.783. The van der Waals surface area contributed by atoms with E-state index in [2.05, 4.69) is 4.98 Å². The molecule has 0 saturated heterocycles. The highest BCUT2D eigenvalue weighted by atomic mass is 16.5. The topological polar surface area (TPSA) is 53.1 Å². The predicted octanol–water partition coefficient (Wildman–Crippen LogP) is 2.86. The second kappa shape index (κ2) is 4.72. The third-order valence-corrected chi connectivity index (χ3v) is 2.82. The molecule has 0 atom stereocenters. The van der Waals surface area contributed by atoms with Crippen LogP contribution in [-0.4, -0.2) is 15.7 Å². The molecule has 18 heavy (non-hydrogen) atoms. The maximum atomic E-state index is 5.92. The maximum absolute atomic E-state index is 5.92. The Labute approximate surface area is 107 Å². The van der Waals surface area contributed by atoms with E-state index < -0.39 is 0 Å². The summed E-state index contributed by atoms with van der Waals surface area (Å²) in [4.78, 5) is 4.29. The van der Waals surface area contributed by atoms with E-state index in [4.69, 9.17) is 10.5 Å². The van der Waals surface area contributed by atoms with Gasteiger partial charge in [-0.15, -0.1) is 0 Å². The number of hydrogen-bond acceptors (Lipinski definition) is 3. The number of nitrogens with zero attached hydrogens (tertiary/aromatic N) is 2. The Morgan fingerprint density at radius 1 is 1.22 bits per heavy atom. The van der Waals surface area contributed by atoms with Crippen LogP contribution < -0.4 is 10.5 Å². The molecule has 0 unspecified atom stereocenters. The van der Waals surface area contributed by atoms with Crippen LogP contribution >= 0.6 is 0 Å². The van der Waals surface area contributed by atoms with Gasteiger partial charge >= 0.3 is 0 Å². The molecule has 0 amide bonds. The van der Waals surface area contributed by atoms with Crippen LogP contribution in [0.1, 0.15) is 25.2 Å². The van der Waals surface area contributed by atoms with Crippen molar-refractivity contribution in [1.82, 2.24) is 9.55 Å². The lowest BCUT2D eigenvalue weighted by Crippen LogP contribution is -2.07. The first kappa shape index (κ1) is 12.5. The van der Waals surface area contributed by atoms with E-state index in [9.17, 15) is 0 Å². The molecule has 96 valence electrons. The van der Waals surface area contributed by atoms with Crippen LogP contribution in [-0.2, 0) is 0 Å². The molecule has 4 heteroatoms. The van der Waals surface area contributed by atoms with Crippen molar-refractivity contribution < 1.29 is 4.74 Å². The molecule has 0 saturated carbocycles. The molecule has 2 aromatic rings. The lowest BCUT2D eigenvalue weighted by atomic mass is 10.2. The van der Waals surface area contributed by atoms with Crippen LogP contribution in [0.2, 0.25) is 0 Å². The first-order valence-electron chi connectivity index (χ1n) is 6.05. The Kier molecular flexibility index (Phi) is 3.28. The molecule has 2 rings (SSSR count). The standard InChI is InChI=1S/C14H19N3O/c1-9(2)18-14-6-12(15)5-13(7-14)17-8-16-10(3)11(17)4/h5-9H,15H2,1-4H3. The number of hydrogen-bond donors (Lipinski definition) is 1. The first-order valence-corrected chi connectivity index (χ1v) is 6.05. The second-order valence-electron chi connectivity index (χ2n) is 4.71. The molecule has 2 N–H and O–H groups in total. The SMILES string of the molecule is Cc1ncn(-c2cc(N)cc(OC(C)C)c2)c1C. The molecular weight excluding hydrogens is 226 g/mol. The van der Waals surface area contributed by atoms with Crippen molar-refractivity contribution in [3.05, 3.63) is 35.9 Å². The number of aromatic nitrogens is 2. The number of nitrogen functional groups attached to an aromatic ring is 1. The van der Waals surface area contributed by atoms with Gasteiger partial charge in [0.1, 0.15) is 5.75 Å². The second-order valence-corrected chi connectivity index (χ2v) is 4.71. The Hall–Kier alpha value is -1.97. The van der Waals surface area contributed by atoms with Crippen molar-refractivity contribution in [1.29, 1.82) is 0 Å². The molecule has 4 nitrogen and oxygen atoms in total. The summed E-state index contributed by atoms with van der Waals surface area (Å²) in [5, 5.41) is 0. The summed E-state index contributed by atoms with van der Waals surface area (Å²) < 4.78 is 7.70. The number of ether oxygens (including phenoxy) is 1. The van der Waals surface area contributed by atoms with E-state index in [0.717, 1.165) is 22.8 Å². The molecule has 0 radical (unpaired) electrons. The maximum Gasteiger partial charge on any atom is 0.123 e. The van der Waals surface area contributed by atoms with Gasteiger partial charge in [-0.3, -0.25) is 0 Å². The van der Waals surface area contributed by atoms with Crippen LogP contribution in [0.4, 0.5) is 5.69 Å². The smallest absolute Gasteiger partial charge is 0.123 e. The molecule has 1 aromatic carbocycles. The van der Waals surface area contributed by atoms with Crippen LogP contribution in [0.3, 0.4) is 0 Å². The number of benzene rings is 1. The number of imidazole rings is 1. The van der Waals surface area contributed by atoms with Crippen LogP contribution in [0.5, 0.6) is 5.75 Å². The molecule has 0 aliphatic heterocycles. The Balaban J connectivity index is 2.45. The average Bonchev–Trinajstić information content (AvgIpc) is 2.58. The molecule has 0 bridgehead atoms. The zero-order valence-corrected chi connectivity index (χ0v) is 11.3. The Bertz CT molecular complexity index is 558. The van der Waals surface area contributed by atoms with Gasteiger partial charge in [0.2, 0.25) is 0 Å². The molecule has 0 spiro atoms. The third kappa shape index (κ3) is 2.47. The van der Waals surface area contributed by atoms with E-state index >= 15 is 0 Å². The third-order valence-electron chi connectivity index (χ3n) is 2.82. The summed E-state index contributed by atoms with van der Waals surface area (Å²) in [6.07, 6.45) is 1.93. The first-order chi connectivity index (χ1) is 8.47. The number of nitrogens with two attached hydrogens (primary N) is 1. The van der Waals surface area contributed by atoms with Gasteiger partial charge in [-0.1, -0.05) is 0 Å². The van der Waals surface area contributed by atoms with Gasteiger partial charge < -0.3 is 15.0 Å². The van der Waals surface area contributed by atoms with Gasteiger partial charge in [-0.05, 0) is 33.8 Å². The van der Waals surface area contributed by atoms with Crippen molar-refractivity contribution >= 4 is 5.69 Å². The minimum absolute atomic E-state index is 0.130. The van der Waals surface area contributed by atoms with E-state index in [1.807, 2.05) is 50.5 Å². The van der Waals surface area contributed by atoms with Gasteiger partial charge in [-0.25, -0.2) is 4.98 Å². The van der Waals surface area contributed by atoms with Crippen LogP contribution in [0, 0.1) is 13.8 Å². The predicted molar refractivity (Wildman–Crippen MR) is 73.2 cm³/mol. The minimum atomic E-state index is 0.130. The van der Waals surface area contributed by atoms with E-state index in [0.29, 0.717) is 5.69 Å². The number of anilines is 1. The number of aryl methyl sites for hydroxylation is 1. The Morgan fingerprint density at radius 3 is 2.50 bits per heavy atom. The quantitative estimate of drug-likeness (QED) is 0.846.